The number of hydrogen-bond donors (Lipinski definition) is 1. The van der Waals surface area contributed by atoms with Gasteiger partial charge in [0.05, 0.1) is 0 Å². The average molecular weight is 378 g/mol. The monoisotopic (exact) mass is 377 g/mol. The summed E-state index contributed by atoms with van der Waals surface area (Å²) in [4.78, 5) is 18.9. The van der Waals surface area contributed by atoms with Crippen LogP contribution in [0.2, 0.25) is 0 Å². The molecule has 2 fully saturated rings. The van der Waals surface area contributed by atoms with Gasteiger partial charge in [-0.2, -0.15) is 0 Å². The van der Waals surface area contributed by atoms with Crippen LogP contribution in [0.4, 0.5) is 10.5 Å². The fourth-order valence-corrected chi connectivity index (χ4v) is 4.59. The van der Waals surface area contributed by atoms with Gasteiger partial charge < -0.3 is 14.9 Å². The van der Waals surface area contributed by atoms with E-state index in [1.54, 1.807) is 4.90 Å². The summed E-state index contributed by atoms with van der Waals surface area (Å²) in [6, 6.07) is 8.98. The number of nitrogens with zero attached hydrogens (tertiary/aromatic N) is 3. The highest BCUT2D eigenvalue weighted by molar-refractivity contribution is 7.99. The molecule has 0 aliphatic carbocycles. The second kappa shape index (κ2) is 9.51. The average Bonchev–Trinajstić information content (AvgIpc) is 2.68. The van der Waals surface area contributed by atoms with Crippen LogP contribution in [0.1, 0.15) is 26.2 Å². The van der Waals surface area contributed by atoms with Crippen LogP contribution >= 0.6 is 11.8 Å². The molecule has 5 nitrogen and oxygen atoms in total. The summed E-state index contributed by atoms with van der Waals surface area (Å²) in [5.74, 6) is 1.81. The van der Waals surface area contributed by atoms with E-state index >= 15 is 0 Å². The van der Waals surface area contributed by atoms with Gasteiger partial charge in [0.2, 0.25) is 0 Å². The third-order valence-corrected chi connectivity index (χ3v) is 6.52. The van der Waals surface area contributed by atoms with E-state index in [1.165, 1.54) is 17.0 Å². The van der Waals surface area contributed by atoms with E-state index < -0.39 is 6.09 Å². The molecule has 1 aromatic rings. The maximum atomic E-state index is 11.0. The molecule has 2 aliphatic heterocycles. The van der Waals surface area contributed by atoms with E-state index in [-0.39, 0.29) is 0 Å². The van der Waals surface area contributed by atoms with Crippen molar-refractivity contribution in [3.05, 3.63) is 24.3 Å². The molecule has 0 radical (unpaired) electrons. The van der Waals surface area contributed by atoms with Crippen molar-refractivity contribution in [2.75, 3.05) is 56.5 Å². The minimum Gasteiger partial charge on any atom is -0.465 e. The molecule has 0 atom stereocenters. The highest BCUT2D eigenvalue weighted by Gasteiger charge is 2.23. The van der Waals surface area contributed by atoms with E-state index in [1.807, 2.05) is 11.8 Å². The summed E-state index contributed by atoms with van der Waals surface area (Å²) in [5, 5.41) is 9.03. The van der Waals surface area contributed by atoms with Crippen LogP contribution in [0.25, 0.3) is 0 Å². The Hall–Kier alpha value is -1.40. The molecule has 144 valence electrons. The van der Waals surface area contributed by atoms with Crippen molar-refractivity contribution in [3.8, 4) is 0 Å². The number of piperazine rings is 1. The van der Waals surface area contributed by atoms with E-state index in [9.17, 15) is 4.79 Å². The summed E-state index contributed by atoms with van der Waals surface area (Å²) in [6.07, 6.45) is 2.49. The Kier molecular flexibility index (Phi) is 7.08. The van der Waals surface area contributed by atoms with Gasteiger partial charge in [0.1, 0.15) is 0 Å². The number of benzene rings is 1. The molecular weight excluding hydrogens is 346 g/mol. The van der Waals surface area contributed by atoms with Gasteiger partial charge in [0, 0.05) is 49.9 Å². The molecule has 1 amide bonds. The van der Waals surface area contributed by atoms with Crippen LogP contribution in [-0.4, -0.2) is 72.6 Å². The quantitative estimate of drug-likeness (QED) is 0.766. The molecule has 0 unspecified atom stereocenters. The molecular formula is C20H31N3O2S. The number of carboxylic acid groups (broad SMARTS) is 1. The van der Waals surface area contributed by atoms with Gasteiger partial charge in [-0.15, -0.1) is 11.8 Å². The van der Waals surface area contributed by atoms with Gasteiger partial charge in [0.25, 0.3) is 0 Å². The molecule has 0 saturated carbocycles. The molecule has 3 rings (SSSR count). The third-order valence-electron chi connectivity index (χ3n) is 5.62. The molecule has 2 aliphatic rings. The highest BCUT2D eigenvalue weighted by atomic mass is 32.2. The first-order chi connectivity index (χ1) is 12.7. The topological polar surface area (TPSA) is 47.0 Å². The maximum Gasteiger partial charge on any atom is 0.407 e. The molecule has 26 heavy (non-hydrogen) atoms. The Balaban J connectivity index is 1.37. The van der Waals surface area contributed by atoms with Crippen LogP contribution in [0.3, 0.4) is 0 Å². The summed E-state index contributed by atoms with van der Waals surface area (Å²) in [5.41, 5.74) is 1.34. The van der Waals surface area contributed by atoms with Crippen LogP contribution in [-0.2, 0) is 0 Å². The Morgan fingerprint density at radius 1 is 1.08 bits per heavy atom. The lowest BCUT2D eigenvalue weighted by atomic mass is 9.93. The van der Waals surface area contributed by atoms with Crippen LogP contribution < -0.4 is 4.90 Å². The van der Waals surface area contributed by atoms with E-state index in [2.05, 4.69) is 41.0 Å². The zero-order valence-corrected chi connectivity index (χ0v) is 16.6. The van der Waals surface area contributed by atoms with Crippen molar-refractivity contribution in [1.29, 1.82) is 0 Å². The molecule has 2 saturated heterocycles. The van der Waals surface area contributed by atoms with Crippen molar-refractivity contribution in [1.82, 2.24) is 9.80 Å². The molecule has 1 aromatic carbocycles. The van der Waals surface area contributed by atoms with E-state index in [0.29, 0.717) is 19.0 Å². The lowest BCUT2D eigenvalue weighted by molar-refractivity contribution is 0.119. The van der Waals surface area contributed by atoms with E-state index in [0.717, 1.165) is 51.3 Å². The largest absolute Gasteiger partial charge is 0.465 e. The summed E-state index contributed by atoms with van der Waals surface area (Å²) < 4.78 is 0. The predicted molar refractivity (Wildman–Crippen MR) is 108 cm³/mol. The van der Waals surface area contributed by atoms with E-state index in [4.69, 9.17) is 5.11 Å². The first-order valence-electron chi connectivity index (χ1n) is 9.83. The number of rotatable bonds is 6. The zero-order chi connectivity index (χ0) is 18.4. The van der Waals surface area contributed by atoms with Gasteiger partial charge in [0.15, 0.2) is 0 Å². The smallest absolute Gasteiger partial charge is 0.407 e. The van der Waals surface area contributed by atoms with Gasteiger partial charge in [-0.1, -0.05) is 6.92 Å². The third kappa shape index (κ3) is 5.30. The van der Waals surface area contributed by atoms with Crippen LogP contribution in [0, 0.1) is 5.92 Å². The van der Waals surface area contributed by atoms with Gasteiger partial charge in [-0.05, 0) is 61.7 Å². The number of anilines is 1. The molecule has 2 heterocycles. The zero-order valence-electron chi connectivity index (χ0n) is 15.8. The van der Waals surface area contributed by atoms with Crippen molar-refractivity contribution >= 4 is 23.5 Å². The van der Waals surface area contributed by atoms with Crippen LogP contribution in [0.15, 0.2) is 29.2 Å². The van der Waals surface area contributed by atoms with Crippen LogP contribution in [0.5, 0.6) is 0 Å². The van der Waals surface area contributed by atoms with Gasteiger partial charge >= 0.3 is 6.09 Å². The lowest BCUT2D eigenvalue weighted by Crippen LogP contribution is -2.47. The second-order valence-electron chi connectivity index (χ2n) is 7.26. The fourth-order valence-electron chi connectivity index (χ4n) is 3.93. The number of amides is 1. The SMILES string of the molecule is CCSc1ccc(N2CCN(CCC3CCN(C(=O)O)CC3)CC2)cc1. The summed E-state index contributed by atoms with van der Waals surface area (Å²) in [7, 11) is 0. The number of carbonyl (C=O) groups is 1. The fraction of sp³-hybridized carbons (Fsp3) is 0.650. The molecule has 0 spiro atoms. The number of hydrogen-bond acceptors (Lipinski definition) is 4. The highest BCUT2D eigenvalue weighted by Crippen LogP contribution is 2.24. The van der Waals surface area contributed by atoms with Crippen molar-refractivity contribution in [3.63, 3.8) is 0 Å². The number of likely N-dealkylation sites (tertiary alicyclic amines) is 1. The first kappa shape index (κ1) is 19.4. The maximum absolute atomic E-state index is 11.0. The Bertz CT molecular complexity index is 565. The predicted octanol–water partition coefficient (Wildman–Crippen LogP) is 3.70. The minimum atomic E-state index is -0.763. The van der Waals surface area contributed by atoms with Gasteiger partial charge in [-0.3, -0.25) is 4.90 Å². The molecule has 0 aromatic heterocycles. The van der Waals surface area contributed by atoms with Crippen molar-refractivity contribution < 1.29 is 9.90 Å². The summed E-state index contributed by atoms with van der Waals surface area (Å²) >= 11 is 1.89. The van der Waals surface area contributed by atoms with Gasteiger partial charge in [-0.25, -0.2) is 4.79 Å². The number of thioether (sulfide) groups is 1. The normalized spacial score (nSPS) is 19.7. The number of piperidine rings is 1. The Labute approximate surface area is 161 Å². The Morgan fingerprint density at radius 3 is 2.31 bits per heavy atom. The molecule has 1 N–H and O–H groups in total. The molecule has 0 bridgehead atoms. The standard InChI is InChI=1S/C20H31N3O2S/c1-2-26-19-5-3-18(4-6-19)22-15-13-21(14-16-22)10-7-17-8-11-23(12-9-17)20(24)25/h3-6,17H,2,7-16H2,1H3,(H,24,25). The Morgan fingerprint density at radius 2 is 1.73 bits per heavy atom. The molecule has 6 heteroatoms. The van der Waals surface area contributed by atoms with Crippen molar-refractivity contribution in [2.24, 2.45) is 5.92 Å². The second-order valence-corrected chi connectivity index (χ2v) is 8.59. The summed E-state index contributed by atoms with van der Waals surface area (Å²) in [6.45, 7) is 9.19. The minimum absolute atomic E-state index is 0.687. The first-order valence-corrected chi connectivity index (χ1v) is 10.8. The lowest BCUT2D eigenvalue weighted by Gasteiger charge is -2.37. The van der Waals surface area contributed by atoms with Crippen molar-refractivity contribution in [2.45, 2.75) is 31.1 Å².